The molecular weight excluding hydrogens is 470 g/mol. The van der Waals surface area contributed by atoms with Gasteiger partial charge in [0.2, 0.25) is 0 Å². The molecule has 12 heteroatoms. The van der Waals surface area contributed by atoms with E-state index in [9.17, 15) is 15.3 Å². The summed E-state index contributed by atoms with van der Waals surface area (Å²) in [7, 11) is 0. The van der Waals surface area contributed by atoms with Crippen molar-refractivity contribution in [3.8, 4) is 11.4 Å². The van der Waals surface area contributed by atoms with Gasteiger partial charge in [-0.3, -0.25) is 4.57 Å². The first-order valence-corrected chi connectivity index (χ1v) is 10.3. The van der Waals surface area contributed by atoms with Crippen molar-refractivity contribution in [1.29, 1.82) is 0 Å². The number of hydrogen-bond acceptors (Lipinski definition) is 9. The van der Waals surface area contributed by atoms with Crippen LogP contribution in [0.25, 0.3) is 22.6 Å². The molecule has 4 heterocycles. The van der Waals surface area contributed by atoms with Crippen molar-refractivity contribution < 1.29 is 20.1 Å². The summed E-state index contributed by atoms with van der Waals surface area (Å²) in [5, 5.41) is 38.1. The van der Waals surface area contributed by atoms with Crippen LogP contribution in [-0.4, -0.2) is 74.8 Å². The monoisotopic (exact) mass is 487 g/mol. The van der Waals surface area contributed by atoms with Crippen molar-refractivity contribution in [2.24, 2.45) is 0 Å². The van der Waals surface area contributed by atoms with Gasteiger partial charge >= 0.3 is 0 Å². The van der Waals surface area contributed by atoms with Crippen molar-refractivity contribution in [2.45, 2.75) is 31.1 Å². The number of aliphatic hydroxyl groups excluding tert-OH is 3. The molecule has 5 rings (SSSR count). The number of rotatable bonds is 5. The van der Waals surface area contributed by atoms with Gasteiger partial charge in [0, 0.05) is 4.47 Å². The fraction of sp³-hybridized carbons (Fsp3) is 0.316. The summed E-state index contributed by atoms with van der Waals surface area (Å²) >= 11 is 3.53. The number of ether oxygens (including phenoxy) is 1. The standard InChI is InChI=1S/C19H18BrN7O4/c20-11-4-2-1-3-10(11)5-26-6-12(24-25-26)14-15-18(22-8-21-14)27(9-23-15)19-17(30)16(29)13(7-28)31-19/h1-4,6,8-9,13,16-17,19,28-30H,5,7H2/t13-,16-,17-,19-/m1/s1. The first-order valence-electron chi connectivity index (χ1n) is 9.50. The van der Waals surface area contributed by atoms with Crippen molar-refractivity contribution in [2.75, 3.05) is 6.61 Å². The fourth-order valence-corrected chi connectivity index (χ4v) is 4.03. The molecule has 0 radical (unpaired) electrons. The molecule has 3 N–H and O–H groups in total. The second-order valence-corrected chi connectivity index (χ2v) is 8.02. The first-order chi connectivity index (χ1) is 15.1. The molecule has 1 aromatic carbocycles. The van der Waals surface area contributed by atoms with Gasteiger partial charge < -0.3 is 20.1 Å². The third-order valence-electron chi connectivity index (χ3n) is 5.22. The Morgan fingerprint density at radius 3 is 2.71 bits per heavy atom. The molecule has 3 aromatic heterocycles. The minimum Gasteiger partial charge on any atom is -0.394 e. The van der Waals surface area contributed by atoms with Crippen molar-refractivity contribution in [1.82, 2.24) is 34.5 Å². The summed E-state index contributed by atoms with van der Waals surface area (Å²) in [4.78, 5) is 13.0. The van der Waals surface area contributed by atoms with E-state index in [1.165, 1.54) is 17.2 Å². The van der Waals surface area contributed by atoms with Crippen molar-refractivity contribution in [3.05, 3.63) is 53.2 Å². The quantitative estimate of drug-likeness (QED) is 0.366. The van der Waals surface area contributed by atoms with Gasteiger partial charge in [0.25, 0.3) is 0 Å². The zero-order valence-electron chi connectivity index (χ0n) is 16.0. The number of aliphatic hydroxyl groups is 3. The zero-order chi connectivity index (χ0) is 21.5. The van der Waals surface area contributed by atoms with Gasteiger partial charge in [-0.1, -0.05) is 39.3 Å². The van der Waals surface area contributed by atoms with Crippen LogP contribution >= 0.6 is 15.9 Å². The third kappa shape index (κ3) is 3.51. The smallest absolute Gasteiger partial charge is 0.166 e. The topological polar surface area (TPSA) is 144 Å². The second-order valence-electron chi connectivity index (χ2n) is 7.17. The minimum atomic E-state index is -1.24. The third-order valence-corrected chi connectivity index (χ3v) is 6.00. The number of halogens is 1. The summed E-state index contributed by atoms with van der Waals surface area (Å²) in [5.41, 5.74) is 2.91. The molecule has 1 aliphatic rings. The van der Waals surface area contributed by atoms with Crippen LogP contribution in [0.2, 0.25) is 0 Å². The number of hydrogen-bond donors (Lipinski definition) is 3. The maximum Gasteiger partial charge on any atom is 0.166 e. The highest BCUT2D eigenvalue weighted by Crippen LogP contribution is 2.32. The molecule has 0 bridgehead atoms. The normalized spacial score (nSPS) is 23.6. The molecule has 0 spiro atoms. The van der Waals surface area contributed by atoms with Gasteiger partial charge in [-0.2, -0.15) is 0 Å². The number of imidazole rings is 1. The second kappa shape index (κ2) is 8.05. The Morgan fingerprint density at radius 2 is 1.94 bits per heavy atom. The highest BCUT2D eigenvalue weighted by atomic mass is 79.9. The predicted molar refractivity (Wildman–Crippen MR) is 111 cm³/mol. The Hall–Kier alpha value is -2.77. The van der Waals surface area contributed by atoms with E-state index in [-0.39, 0.29) is 0 Å². The Kier molecular flexibility index (Phi) is 5.24. The van der Waals surface area contributed by atoms with E-state index >= 15 is 0 Å². The number of benzene rings is 1. The molecule has 160 valence electrons. The van der Waals surface area contributed by atoms with Crippen molar-refractivity contribution in [3.63, 3.8) is 0 Å². The molecule has 1 fully saturated rings. The highest BCUT2D eigenvalue weighted by molar-refractivity contribution is 9.10. The van der Waals surface area contributed by atoms with E-state index in [0.29, 0.717) is 29.1 Å². The molecule has 4 atom stereocenters. The lowest BCUT2D eigenvalue weighted by Gasteiger charge is -2.16. The van der Waals surface area contributed by atoms with Crippen LogP contribution in [-0.2, 0) is 11.3 Å². The van der Waals surface area contributed by atoms with Crippen molar-refractivity contribution >= 4 is 27.1 Å². The van der Waals surface area contributed by atoms with E-state index < -0.39 is 31.1 Å². The van der Waals surface area contributed by atoms with Gasteiger partial charge in [0.15, 0.2) is 11.9 Å². The van der Waals surface area contributed by atoms with E-state index in [4.69, 9.17) is 4.74 Å². The molecule has 4 aromatic rings. The number of nitrogens with zero attached hydrogens (tertiary/aromatic N) is 7. The Balaban J connectivity index is 1.47. The van der Waals surface area contributed by atoms with Crippen LogP contribution < -0.4 is 0 Å². The largest absolute Gasteiger partial charge is 0.394 e. The minimum absolute atomic E-state index is 0.403. The van der Waals surface area contributed by atoms with Crippen LogP contribution in [0.5, 0.6) is 0 Å². The lowest BCUT2D eigenvalue weighted by atomic mass is 10.1. The van der Waals surface area contributed by atoms with Crippen LogP contribution in [0.4, 0.5) is 0 Å². The zero-order valence-corrected chi connectivity index (χ0v) is 17.6. The maximum absolute atomic E-state index is 10.3. The molecule has 31 heavy (non-hydrogen) atoms. The maximum atomic E-state index is 10.3. The predicted octanol–water partition coefficient (Wildman–Crippen LogP) is 0.507. The van der Waals surface area contributed by atoms with Gasteiger partial charge in [0.1, 0.15) is 41.5 Å². The average Bonchev–Trinajstić information content (AvgIpc) is 3.48. The number of fused-ring (bicyclic) bond motifs is 1. The molecular formula is C19H18BrN7O4. The molecule has 11 nitrogen and oxygen atoms in total. The average molecular weight is 488 g/mol. The molecule has 1 saturated heterocycles. The highest BCUT2D eigenvalue weighted by Gasteiger charge is 2.44. The van der Waals surface area contributed by atoms with Gasteiger partial charge in [0.05, 0.1) is 25.7 Å². The Morgan fingerprint density at radius 1 is 1.10 bits per heavy atom. The van der Waals surface area contributed by atoms with Crippen LogP contribution in [0, 0.1) is 0 Å². The lowest BCUT2D eigenvalue weighted by molar-refractivity contribution is -0.0511. The van der Waals surface area contributed by atoms with E-state index in [0.717, 1.165) is 10.0 Å². The molecule has 1 aliphatic heterocycles. The number of aromatic nitrogens is 7. The summed E-state index contributed by atoms with van der Waals surface area (Å²) in [5.74, 6) is 0. The van der Waals surface area contributed by atoms with Gasteiger partial charge in [-0.15, -0.1) is 5.10 Å². The summed E-state index contributed by atoms with van der Waals surface area (Å²) in [6, 6.07) is 7.86. The Labute approximate surface area is 184 Å². The van der Waals surface area contributed by atoms with Gasteiger partial charge in [-0.05, 0) is 11.6 Å². The van der Waals surface area contributed by atoms with E-state index in [2.05, 4.69) is 41.2 Å². The molecule has 0 aliphatic carbocycles. The fourth-order valence-electron chi connectivity index (χ4n) is 3.62. The van der Waals surface area contributed by atoms with Gasteiger partial charge in [-0.25, -0.2) is 19.6 Å². The lowest BCUT2D eigenvalue weighted by Crippen LogP contribution is -2.33. The van der Waals surface area contributed by atoms with Crippen LogP contribution in [0.15, 0.2) is 47.6 Å². The summed E-state index contributed by atoms with van der Waals surface area (Å²) in [6.07, 6.45) is 0.303. The Bertz CT molecular complexity index is 1230. The van der Waals surface area contributed by atoms with Crippen LogP contribution in [0.3, 0.4) is 0 Å². The first kappa shape index (κ1) is 20.2. The molecule has 0 amide bonds. The summed E-state index contributed by atoms with van der Waals surface area (Å²) < 4.78 is 9.78. The molecule has 0 saturated carbocycles. The molecule has 0 unspecified atom stereocenters. The summed E-state index contributed by atoms with van der Waals surface area (Å²) in [6.45, 7) is 0.113. The van der Waals surface area contributed by atoms with E-state index in [1.54, 1.807) is 10.9 Å². The van der Waals surface area contributed by atoms with E-state index in [1.807, 2.05) is 24.3 Å². The van der Waals surface area contributed by atoms with Crippen LogP contribution in [0.1, 0.15) is 11.8 Å². The SMILES string of the molecule is OC[C@H]1O[C@@H](n2cnc3c(-c4cn(Cc5ccccc5Br)nn4)ncnc32)[C@H](O)[C@@H]1O.